The molecule has 6 heteroatoms. The number of hydrogen-bond acceptors (Lipinski definition) is 4. The highest BCUT2D eigenvalue weighted by atomic mass is 79.9. The van der Waals surface area contributed by atoms with Crippen LogP contribution in [0.25, 0.3) is 17.1 Å². The van der Waals surface area contributed by atoms with Gasteiger partial charge in [-0.2, -0.15) is 4.68 Å². The molecule has 0 saturated carbocycles. The molecule has 1 heterocycles. The van der Waals surface area contributed by atoms with Crippen molar-refractivity contribution in [2.45, 2.75) is 13.8 Å². The molecule has 0 aliphatic rings. The molecule has 0 atom stereocenters. The number of nitrogen functional groups attached to an aromatic ring is 1. The summed E-state index contributed by atoms with van der Waals surface area (Å²) in [6.07, 6.45) is 0. The summed E-state index contributed by atoms with van der Waals surface area (Å²) in [5.74, 6) is 0.627. The summed E-state index contributed by atoms with van der Waals surface area (Å²) in [4.78, 5) is 0. The molecule has 0 saturated heterocycles. The Morgan fingerprint density at radius 2 is 1.76 bits per heavy atom. The molecule has 0 spiro atoms. The number of nitrogens with two attached hydrogens (primary N) is 1. The van der Waals surface area contributed by atoms with Gasteiger partial charge in [0.15, 0.2) is 5.82 Å². The summed E-state index contributed by atoms with van der Waals surface area (Å²) in [6.45, 7) is 4.04. The van der Waals surface area contributed by atoms with Gasteiger partial charge in [-0.3, -0.25) is 0 Å². The maximum absolute atomic E-state index is 6.07. The minimum atomic E-state index is 0.627. The second kappa shape index (κ2) is 5.29. The quantitative estimate of drug-likeness (QED) is 0.725. The largest absolute Gasteiger partial charge is 0.398 e. The SMILES string of the molecule is Cc1ccc(N)c(-c2nnnn2-c2cc(C)ccc2Br)c1. The van der Waals surface area contributed by atoms with Crippen molar-refractivity contribution in [1.29, 1.82) is 0 Å². The van der Waals surface area contributed by atoms with E-state index in [0.29, 0.717) is 11.5 Å². The fourth-order valence-corrected chi connectivity index (χ4v) is 2.58. The van der Waals surface area contributed by atoms with Crippen molar-refractivity contribution in [1.82, 2.24) is 20.2 Å². The minimum absolute atomic E-state index is 0.627. The van der Waals surface area contributed by atoms with Crippen molar-refractivity contribution >= 4 is 21.6 Å². The van der Waals surface area contributed by atoms with E-state index in [1.165, 1.54) is 0 Å². The van der Waals surface area contributed by atoms with Crippen LogP contribution in [0.5, 0.6) is 0 Å². The third-order valence-electron chi connectivity index (χ3n) is 3.25. The van der Waals surface area contributed by atoms with Gasteiger partial charge in [0.1, 0.15) is 0 Å². The van der Waals surface area contributed by atoms with Crippen LogP contribution in [-0.2, 0) is 0 Å². The number of aryl methyl sites for hydroxylation is 2. The lowest BCUT2D eigenvalue weighted by atomic mass is 10.1. The van der Waals surface area contributed by atoms with Crippen molar-refractivity contribution in [2.75, 3.05) is 5.73 Å². The Morgan fingerprint density at radius 3 is 2.57 bits per heavy atom. The highest BCUT2D eigenvalue weighted by Gasteiger charge is 2.15. The monoisotopic (exact) mass is 343 g/mol. The first kappa shape index (κ1) is 13.8. The Balaban J connectivity index is 2.22. The topological polar surface area (TPSA) is 69.6 Å². The van der Waals surface area contributed by atoms with Crippen molar-refractivity contribution in [3.8, 4) is 17.1 Å². The van der Waals surface area contributed by atoms with E-state index in [4.69, 9.17) is 5.73 Å². The Labute approximate surface area is 130 Å². The van der Waals surface area contributed by atoms with Gasteiger partial charge in [-0.25, -0.2) is 0 Å². The predicted molar refractivity (Wildman–Crippen MR) is 86.2 cm³/mol. The van der Waals surface area contributed by atoms with Gasteiger partial charge >= 0.3 is 0 Å². The molecular weight excluding hydrogens is 330 g/mol. The fourth-order valence-electron chi connectivity index (χ4n) is 2.17. The first-order chi connectivity index (χ1) is 10.1. The minimum Gasteiger partial charge on any atom is -0.398 e. The predicted octanol–water partition coefficient (Wildman–Crippen LogP) is 3.29. The molecule has 0 aliphatic carbocycles. The Bertz CT molecular complexity index is 744. The molecule has 0 fully saturated rings. The second-order valence-electron chi connectivity index (χ2n) is 4.96. The van der Waals surface area contributed by atoms with Gasteiger partial charge in [-0.15, -0.1) is 5.10 Å². The zero-order chi connectivity index (χ0) is 15.0. The van der Waals surface area contributed by atoms with Gasteiger partial charge in [-0.1, -0.05) is 17.7 Å². The van der Waals surface area contributed by atoms with Gasteiger partial charge < -0.3 is 5.73 Å². The Morgan fingerprint density at radius 1 is 1.05 bits per heavy atom. The van der Waals surface area contributed by atoms with Crippen LogP contribution in [0.3, 0.4) is 0 Å². The van der Waals surface area contributed by atoms with E-state index in [9.17, 15) is 0 Å². The Kier molecular flexibility index (Phi) is 3.47. The van der Waals surface area contributed by atoms with Crippen molar-refractivity contribution in [2.24, 2.45) is 0 Å². The van der Waals surface area contributed by atoms with Gasteiger partial charge in [0, 0.05) is 15.7 Å². The number of halogens is 1. The lowest BCUT2D eigenvalue weighted by Crippen LogP contribution is -2.03. The maximum Gasteiger partial charge on any atom is 0.189 e. The van der Waals surface area contributed by atoms with Crippen molar-refractivity contribution < 1.29 is 0 Å². The van der Waals surface area contributed by atoms with Crippen molar-refractivity contribution in [3.05, 3.63) is 52.0 Å². The first-order valence-electron chi connectivity index (χ1n) is 6.47. The summed E-state index contributed by atoms with van der Waals surface area (Å²) in [5, 5.41) is 12.0. The van der Waals surface area contributed by atoms with Crippen LogP contribution in [0.2, 0.25) is 0 Å². The summed E-state index contributed by atoms with van der Waals surface area (Å²) in [7, 11) is 0. The average molecular weight is 344 g/mol. The number of hydrogen-bond donors (Lipinski definition) is 1. The van der Waals surface area contributed by atoms with Crippen LogP contribution in [0, 0.1) is 13.8 Å². The fraction of sp³-hybridized carbons (Fsp3) is 0.133. The van der Waals surface area contributed by atoms with Crippen LogP contribution >= 0.6 is 15.9 Å². The van der Waals surface area contributed by atoms with Crippen LogP contribution in [0.15, 0.2) is 40.9 Å². The normalized spacial score (nSPS) is 10.8. The average Bonchev–Trinajstić information content (AvgIpc) is 2.93. The van der Waals surface area contributed by atoms with Gasteiger partial charge in [0.05, 0.1) is 5.69 Å². The van der Waals surface area contributed by atoms with E-state index in [0.717, 1.165) is 26.9 Å². The number of rotatable bonds is 2. The smallest absolute Gasteiger partial charge is 0.189 e. The standard InChI is InChI=1S/C15H14BrN5/c1-9-4-6-13(17)11(7-9)15-18-19-20-21(15)14-8-10(2)3-5-12(14)16/h3-8H,17H2,1-2H3. The van der Waals surface area contributed by atoms with E-state index in [1.54, 1.807) is 4.68 Å². The number of benzene rings is 2. The number of tetrazole rings is 1. The van der Waals surface area contributed by atoms with Gasteiger partial charge in [0.25, 0.3) is 0 Å². The van der Waals surface area contributed by atoms with Gasteiger partial charge in [0.2, 0.25) is 0 Å². The van der Waals surface area contributed by atoms with E-state index in [-0.39, 0.29) is 0 Å². The number of anilines is 1. The second-order valence-corrected chi connectivity index (χ2v) is 5.81. The molecule has 0 unspecified atom stereocenters. The van der Waals surface area contributed by atoms with E-state index in [1.807, 2.05) is 50.2 Å². The van der Waals surface area contributed by atoms with E-state index >= 15 is 0 Å². The maximum atomic E-state index is 6.07. The molecule has 3 aromatic rings. The highest BCUT2D eigenvalue weighted by Crippen LogP contribution is 2.29. The number of nitrogens with zero attached hydrogens (tertiary/aromatic N) is 4. The zero-order valence-electron chi connectivity index (χ0n) is 11.7. The molecule has 5 nitrogen and oxygen atoms in total. The molecule has 2 aromatic carbocycles. The first-order valence-corrected chi connectivity index (χ1v) is 7.27. The molecule has 0 aliphatic heterocycles. The van der Waals surface area contributed by atoms with Crippen LogP contribution in [0.1, 0.15) is 11.1 Å². The Hall–Kier alpha value is -2.21. The summed E-state index contributed by atoms with van der Waals surface area (Å²) in [6, 6.07) is 11.9. The van der Waals surface area contributed by atoms with Crippen molar-refractivity contribution in [3.63, 3.8) is 0 Å². The van der Waals surface area contributed by atoms with E-state index < -0.39 is 0 Å². The molecule has 21 heavy (non-hydrogen) atoms. The molecular formula is C15H14BrN5. The lowest BCUT2D eigenvalue weighted by Gasteiger charge is -2.10. The highest BCUT2D eigenvalue weighted by molar-refractivity contribution is 9.10. The number of aromatic nitrogens is 4. The van der Waals surface area contributed by atoms with Crippen LogP contribution in [0.4, 0.5) is 5.69 Å². The molecule has 106 valence electrons. The lowest BCUT2D eigenvalue weighted by molar-refractivity contribution is 0.788. The summed E-state index contributed by atoms with van der Waals surface area (Å²) < 4.78 is 2.62. The molecule has 3 rings (SSSR count). The van der Waals surface area contributed by atoms with Crippen LogP contribution in [-0.4, -0.2) is 20.2 Å². The molecule has 1 aromatic heterocycles. The van der Waals surface area contributed by atoms with Crippen LogP contribution < -0.4 is 5.73 Å². The van der Waals surface area contributed by atoms with E-state index in [2.05, 4.69) is 31.5 Å². The third kappa shape index (κ3) is 2.54. The molecule has 0 amide bonds. The summed E-state index contributed by atoms with van der Waals surface area (Å²) in [5.41, 5.74) is 10.7. The summed E-state index contributed by atoms with van der Waals surface area (Å²) >= 11 is 3.54. The molecule has 2 N–H and O–H groups in total. The molecule has 0 radical (unpaired) electrons. The van der Waals surface area contributed by atoms with Gasteiger partial charge in [-0.05, 0) is 70.0 Å². The zero-order valence-corrected chi connectivity index (χ0v) is 13.3. The third-order valence-corrected chi connectivity index (χ3v) is 3.92. The molecule has 0 bridgehead atoms.